The van der Waals surface area contributed by atoms with Crippen molar-refractivity contribution in [3.8, 4) is 0 Å². The predicted molar refractivity (Wildman–Crippen MR) is 88.6 cm³/mol. The SMILES string of the molecule is Nc1nc2c(c(=O)[nH]1)n(CC1CC1)c(=O)n2[C@@H]1O[C@H]([C@@H](O)C(F)(F)F)[C@H](F)[C@H]1O. The summed E-state index contributed by atoms with van der Waals surface area (Å²) in [6, 6.07) is 0. The van der Waals surface area contributed by atoms with Crippen LogP contribution in [-0.4, -0.2) is 60.0 Å². The zero-order valence-corrected chi connectivity index (χ0v) is 14.6. The Balaban J connectivity index is 1.84. The van der Waals surface area contributed by atoms with Crippen LogP contribution in [-0.2, 0) is 11.3 Å². The molecule has 14 heteroatoms. The fourth-order valence-electron chi connectivity index (χ4n) is 3.47. The molecule has 4 rings (SSSR count). The van der Waals surface area contributed by atoms with Crippen LogP contribution in [0.15, 0.2) is 9.59 Å². The first kappa shape index (κ1) is 19.8. The van der Waals surface area contributed by atoms with Gasteiger partial charge in [-0.15, -0.1) is 0 Å². The van der Waals surface area contributed by atoms with E-state index >= 15 is 0 Å². The van der Waals surface area contributed by atoms with Gasteiger partial charge >= 0.3 is 11.9 Å². The second-order valence-electron chi connectivity index (χ2n) is 7.24. The Bertz CT molecular complexity index is 1060. The Hall–Kier alpha value is -2.45. The van der Waals surface area contributed by atoms with Crippen molar-refractivity contribution in [2.75, 3.05) is 5.73 Å². The van der Waals surface area contributed by atoms with Crippen LogP contribution in [0.2, 0.25) is 0 Å². The van der Waals surface area contributed by atoms with Crippen molar-refractivity contribution in [2.45, 2.75) is 56.3 Å². The lowest BCUT2D eigenvalue weighted by molar-refractivity contribution is -0.241. The van der Waals surface area contributed by atoms with Crippen molar-refractivity contribution >= 4 is 17.1 Å². The van der Waals surface area contributed by atoms with E-state index in [-0.39, 0.29) is 23.6 Å². The number of H-pyrrole nitrogens is 1. The molecule has 0 bridgehead atoms. The number of alkyl halides is 4. The zero-order chi connectivity index (χ0) is 21.2. The van der Waals surface area contributed by atoms with Crippen molar-refractivity contribution < 1.29 is 32.5 Å². The number of aromatic amines is 1. The monoisotopic (exact) mass is 423 g/mol. The molecule has 0 amide bonds. The number of aliphatic hydroxyl groups is 2. The lowest BCUT2D eigenvalue weighted by atomic mass is 10.1. The third kappa shape index (κ3) is 3.20. The number of aromatic nitrogens is 4. The Morgan fingerprint density at radius 2 is 2.00 bits per heavy atom. The van der Waals surface area contributed by atoms with E-state index in [4.69, 9.17) is 10.5 Å². The van der Waals surface area contributed by atoms with Crippen molar-refractivity contribution in [3.63, 3.8) is 0 Å². The Morgan fingerprint density at radius 3 is 2.59 bits per heavy atom. The number of hydrogen-bond acceptors (Lipinski definition) is 7. The minimum Gasteiger partial charge on any atom is -0.385 e. The molecular weight excluding hydrogens is 406 g/mol. The topological polar surface area (TPSA) is 148 Å². The smallest absolute Gasteiger partial charge is 0.385 e. The third-order valence-corrected chi connectivity index (χ3v) is 5.10. The fourth-order valence-corrected chi connectivity index (χ4v) is 3.47. The molecular formula is C15H17F4N5O5. The van der Waals surface area contributed by atoms with Gasteiger partial charge in [0.25, 0.3) is 5.56 Å². The van der Waals surface area contributed by atoms with Crippen LogP contribution < -0.4 is 17.0 Å². The van der Waals surface area contributed by atoms with E-state index in [1.165, 1.54) is 0 Å². The summed E-state index contributed by atoms with van der Waals surface area (Å²) in [6.07, 6.45) is -16.1. The van der Waals surface area contributed by atoms with Crippen LogP contribution in [0, 0.1) is 5.92 Å². The highest BCUT2D eigenvalue weighted by atomic mass is 19.4. The fraction of sp³-hybridized carbons (Fsp3) is 0.667. The number of nitrogens with zero attached hydrogens (tertiary/aromatic N) is 3. The summed E-state index contributed by atoms with van der Waals surface area (Å²) < 4.78 is 59.3. The van der Waals surface area contributed by atoms with Crippen LogP contribution in [0.4, 0.5) is 23.5 Å². The molecule has 0 aromatic carbocycles. The molecule has 10 nitrogen and oxygen atoms in total. The van der Waals surface area contributed by atoms with E-state index in [2.05, 4.69) is 9.97 Å². The molecule has 5 atom stereocenters. The lowest BCUT2D eigenvalue weighted by Gasteiger charge is -2.22. The summed E-state index contributed by atoms with van der Waals surface area (Å²) in [6.45, 7) is 0.132. The molecule has 2 aromatic rings. The van der Waals surface area contributed by atoms with Gasteiger partial charge in [0.15, 0.2) is 29.7 Å². The zero-order valence-electron chi connectivity index (χ0n) is 14.6. The van der Waals surface area contributed by atoms with Crippen LogP contribution in [0.5, 0.6) is 0 Å². The predicted octanol–water partition coefficient (Wildman–Crippen LogP) is -0.602. The average Bonchev–Trinajstić information content (AvgIpc) is 3.34. The molecule has 5 N–H and O–H groups in total. The van der Waals surface area contributed by atoms with Gasteiger partial charge in [-0.25, -0.2) is 13.8 Å². The van der Waals surface area contributed by atoms with E-state index in [0.29, 0.717) is 4.57 Å². The quantitative estimate of drug-likeness (QED) is 0.480. The molecule has 29 heavy (non-hydrogen) atoms. The van der Waals surface area contributed by atoms with E-state index in [1.807, 2.05) is 0 Å². The van der Waals surface area contributed by atoms with Crippen molar-refractivity contribution in [1.82, 2.24) is 19.1 Å². The van der Waals surface area contributed by atoms with Gasteiger partial charge in [-0.05, 0) is 18.8 Å². The van der Waals surface area contributed by atoms with Gasteiger partial charge in [-0.3, -0.25) is 14.3 Å². The summed E-state index contributed by atoms with van der Waals surface area (Å²) in [5.74, 6) is -0.275. The standard InChI is InChI=1S/C15H17F4N5O5/c16-5-7(25)12(29-8(5)9(26)15(17,18)19)24-10-6(11(27)22-13(20)21-10)23(14(24)28)3-4-1-2-4/h4-5,7-9,12,25-26H,1-3H2,(H3,20,21,22,27)/t5-,7-,8+,9-,12-/m1/s1. The van der Waals surface area contributed by atoms with Gasteiger partial charge < -0.3 is 20.7 Å². The molecule has 2 aromatic heterocycles. The number of nitrogens with two attached hydrogens (primary N) is 1. The van der Waals surface area contributed by atoms with Gasteiger partial charge in [-0.1, -0.05) is 0 Å². The second kappa shape index (κ2) is 6.53. The summed E-state index contributed by atoms with van der Waals surface area (Å²) in [4.78, 5) is 31.3. The number of halogens is 4. The normalized spacial score (nSPS) is 28.9. The third-order valence-electron chi connectivity index (χ3n) is 5.10. The summed E-state index contributed by atoms with van der Waals surface area (Å²) in [5.41, 5.74) is 3.22. The molecule has 1 aliphatic carbocycles. The van der Waals surface area contributed by atoms with Crippen LogP contribution in [0.3, 0.4) is 0 Å². The molecule has 160 valence electrons. The summed E-state index contributed by atoms with van der Waals surface area (Å²) >= 11 is 0. The average molecular weight is 423 g/mol. The number of fused-ring (bicyclic) bond motifs is 1. The van der Waals surface area contributed by atoms with Crippen molar-refractivity contribution in [1.29, 1.82) is 0 Å². The highest BCUT2D eigenvalue weighted by Gasteiger charge is 2.56. The van der Waals surface area contributed by atoms with Crippen molar-refractivity contribution in [2.24, 2.45) is 5.92 Å². The maximum atomic E-state index is 14.3. The molecule has 2 fully saturated rings. The number of hydrogen-bond donors (Lipinski definition) is 4. The number of anilines is 1. The first-order valence-corrected chi connectivity index (χ1v) is 8.73. The van der Waals surface area contributed by atoms with Gasteiger partial charge in [-0.2, -0.15) is 18.2 Å². The van der Waals surface area contributed by atoms with E-state index < -0.39 is 54.1 Å². The highest BCUT2D eigenvalue weighted by molar-refractivity contribution is 5.71. The number of imidazole rings is 1. The van der Waals surface area contributed by atoms with Gasteiger partial charge in [0, 0.05) is 6.54 Å². The molecule has 1 saturated heterocycles. The summed E-state index contributed by atoms with van der Waals surface area (Å²) in [7, 11) is 0. The maximum absolute atomic E-state index is 14.3. The number of ether oxygens (including phenoxy) is 1. The Labute approximate surface area is 158 Å². The van der Waals surface area contributed by atoms with Gasteiger partial charge in [0.05, 0.1) is 0 Å². The second-order valence-corrected chi connectivity index (χ2v) is 7.24. The van der Waals surface area contributed by atoms with E-state index in [0.717, 1.165) is 17.4 Å². The van der Waals surface area contributed by atoms with Gasteiger partial charge in [0.1, 0.15) is 12.2 Å². The molecule has 2 aliphatic rings. The van der Waals surface area contributed by atoms with E-state index in [9.17, 15) is 37.4 Å². The highest BCUT2D eigenvalue weighted by Crippen LogP contribution is 2.38. The Morgan fingerprint density at radius 1 is 1.34 bits per heavy atom. The lowest BCUT2D eigenvalue weighted by Crippen LogP contribution is -2.44. The first-order valence-electron chi connectivity index (χ1n) is 8.73. The maximum Gasteiger partial charge on any atom is 0.417 e. The number of rotatable bonds is 4. The largest absolute Gasteiger partial charge is 0.417 e. The first-order chi connectivity index (χ1) is 13.5. The molecule has 0 unspecified atom stereocenters. The Kier molecular flexibility index (Phi) is 4.47. The molecule has 0 spiro atoms. The van der Waals surface area contributed by atoms with Crippen LogP contribution in [0.1, 0.15) is 19.1 Å². The number of nitrogens with one attached hydrogen (secondary N) is 1. The van der Waals surface area contributed by atoms with Crippen molar-refractivity contribution in [3.05, 3.63) is 20.8 Å². The van der Waals surface area contributed by atoms with Crippen LogP contribution >= 0.6 is 0 Å². The molecule has 0 radical (unpaired) electrons. The molecule has 1 saturated carbocycles. The van der Waals surface area contributed by atoms with Crippen LogP contribution in [0.25, 0.3) is 11.2 Å². The van der Waals surface area contributed by atoms with Gasteiger partial charge in [0.2, 0.25) is 5.95 Å². The minimum atomic E-state index is -5.21. The number of nitrogen functional groups attached to an aromatic ring is 1. The van der Waals surface area contributed by atoms with E-state index in [1.54, 1.807) is 0 Å². The number of aliphatic hydroxyl groups excluding tert-OH is 2. The summed E-state index contributed by atoms with van der Waals surface area (Å²) in [5, 5.41) is 19.5. The molecule has 3 heterocycles. The molecule has 1 aliphatic heterocycles. The minimum absolute atomic E-state index is 0.117.